The summed E-state index contributed by atoms with van der Waals surface area (Å²) in [4.78, 5) is 3.93. The van der Waals surface area contributed by atoms with Gasteiger partial charge in [-0.1, -0.05) is 45.2 Å². The lowest BCUT2D eigenvalue weighted by Crippen LogP contribution is -2.46. The van der Waals surface area contributed by atoms with E-state index in [-0.39, 0.29) is 6.04 Å². The van der Waals surface area contributed by atoms with Gasteiger partial charge in [0.15, 0.2) is 0 Å². The third-order valence-electron chi connectivity index (χ3n) is 5.51. The minimum absolute atomic E-state index is 0.190. The number of thiophene rings is 1. The van der Waals surface area contributed by atoms with Crippen molar-refractivity contribution < 1.29 is 0 Å². The summed E-state index contributed by atoms with van der Waals surface area (Å²) in [6, 6.07) is 4.69. The molecule has 1 aromatic heterocycles. The molecule has 0 bridgehead atoms. The van der Waals surface area contributed by atoms with Gasteiger partial charge < -0.3 is 5.73 Å². The zero-order chi connectivity index (χ0) is 15.5. The van der Waals surface area contributed by atoms with E-state index in [1.165, 1.54) is 30.6 Å². The average Bonchev–Trinajstić information content (AvgIpc) is 2.94. The topological polar surface area (TPSA) is 29.3 Å². The summed E-state index contributed by atoms with van der Waals surface area (Å²) >= 11 is 7.83. The van der Waals surface area contributed by atoms with Crippen molar-refractivity contribution in [3.8, 4) is 0 Å². The average molecular weight is 329 g/mol. The molecular weight excluding hydrogens is 300 g/mol. The number of rotatable bonds is 6. The first-order valence-electron chi connectivity index (χ1n) is 8.30. The first-order valence-corrected chi connectivity index (χ1v) is 9.49. The van der Waals surface area contributed by atoms with Crippen LogP contribution >= 0.6 is 22.9 Å². The lowest BCUT2D eigenvalue weighted by atomic mass is 9.74. The molecule has 1 aliphatic heterocycles. The molecule has 0 spiro atoms. The Kier molecular flexibility index (Phi) is 6.13. The van der Waals surface area contributed by atoms with Crippen molar-refractivity contribution in [2.75, 3.05) is 13.1 Å². The van der Waals surface area contributed by atoms with E-state index >= 15 is 0 Å². The van der Waals surface area contributed by atoms with Crippen LogP contribution in [0.1, 0.15) is 63.8 Å². The first-order chi connectivity index (χ1) is 10.0. The van der Waals surface area contributed by atoms with Crippen LogP contribution in [0.5, 0.6) is 0 Å². The highest BCUT2D eigenvalue weighted by molar-refractivity contribution is 7.16. The van der Waals surface area contributed by atoms with E-state index in [9.17, 15) is 0 Å². The molecule has 120 valence electrons. The summed E-state index contributed by atoms with van der Waals surface area (Å²) in [5.41, 5.74) is 7.00. The molecule has 1 saturated heterocycles. The van der Waals surface area contributed by atoms with Crippen molar-refractivity contribution in [3.63, 3.8) is 0 Å². The Morgan fingerprint density at radius 1 is 1.24 bits per heavy atom. The highest BCUT2D eigenvalue weighted by atomic mass is 35.5. The van der Waals surface area contributed by atoms with E-state index < -0.39 is 0 Å². The molecule has 2 N–H and O–H groups in total. The van der Waals surface area contributed by atoms with Crippen LogP contribution in [-0.4, -0.2) is 24.0 Å². The van der Waals surface area contributed by atoms with Gasteiger partial charge in [-0.3, -0.25) is 4.90 Å². The highest BCUT2D eigenvalue weighted by Gasteiger charge is 2.36. The number of halogens is 1. The van der Waals surface area contributed by atoms with Crippen molar-refractivity contribution in [3.05, 3.63) is 21.3 Å². The molecule has 0 aromatic carbocycles. The maximum atomic E-state index is 6.44. The van der Waals surface area contributed by atoms with E-state index in [1.807, 2.05) is 6.07 Å². The fourth-order valence-electron chi connectivity index (χ4n) is 3.61. The minimum Gasteiger partial charge on any atom is -0.326 e. The van der Waals surface area contributed by atoms with Crippen LogP contribution in [0.15, 0.2) is 12.1 Å². The zero-order valence-electron chi connectivity index (χ0n) is 13.6. The van der Waals surface area contributed by atoms with Crippen molar-refractivity contribution in [2.45, 2.75) is 65.0 Å². The smallest absolute Gasteiger partial charge is 0.0931 e. The third kappa shape index (κ3) is 3.82. The van der Waals surface area contributed by atoms with Gasteiger partial charge in [0.25, 0.3) is 0 Å². The summed E-state index contributed by atoms with van der Waals surface area (Å²) in [5, 5.41) is 0. The van der Waals surface area contributed by atoms with Crippen LogP contribution in [-0.2, 0) is 0 Å². The fourth-order valence-corrected chi connectivity index (χ4v) is 4.88. The van der Waals surface area contributed by atoms with E-state index in [2.05, 4.69) is 31.7 Å². The summed E-state index contributed by atoms with van der Waals surface area (Å²) in [6.45, 7) is 9.19. The molecule has 0 amide bonds. The molecule has 2 unspecified atom stereocenters. The zero-order valence-corrected chi connectivity index (χ0v) is 15.1. The number of nitrogens with zero attached hydrogens (tertiary/aromatic N) is 1. The Morgan fingerprint density at radius 3 is 2.29 bits per heavy atom. The summed E-state index contributed by atoms with van der Waals surface area (Å²) in [7, 11) is 0. The fraction of sp³-hybridized carbons (Fsp3) is 0.765. The van der Waals surface area contributed by atoms with Gasteiger partial charge in [0.05, 0.1) is 10.4 Å². The summed E-state index contributed by atoms with van der Waals surface area (Å²) in [6.07, 6.45) is 6.20. The van der Waals surface area contributed by atoms with Crippen LogP contribution in [0, 0.1) is 5.41 Å². The maximum Gasteiger partial charge on any atom is 0.0931 e. The summed E-state index contributed by atoms with van der Waals surface area (Å²) < 4.78 is 0.867. The van der Waals surface area contributed by atoms with Gasteiger partial charge in [-0.2, -0.15) is 0 Å². The van der Waals surface area contributed by atoms with Crippen molar-refractivity contribution >= 4 is 22.9 Å². The second kappa shape index (κ2) is 7.45. The number of hydrogen-bond acceptors (Lipinski definition) is 3. The van der Waals surface area contributed by atoms with Crippen LogP contribution in [0.2, 0.25) is 4.34 Å². The van der Waals surface area contributed by atoms with Crippen LogP contribution in [0.25, 0.3) is 0 Å². The molecule has 2 heterocycles. The number of nitrogens with two attached hydrogens (primary N) is 1. The Labute approximate surface area is 138 Å². The normalized spacial score (nSPS) is 22.1. The van der Waals surface area contributed by atoms with Crippen LogP contribution in [0.3, 0.4) is 0 Å². The van der Waals surface area contributed by atoms with Crippen molar-refractivity contribution in [1.29, 1.82) is 0 Å². The molecule has 1 aliphatic rings. The Bertz CT molecular complexity index is 432. The predicted octanol–water partition coefficient (Wildman–Crippen LogP) is 5.08. The van der Waals surface area contributed by atoms with E-state index in [4.69, 9.17) is 17.3 Å². The van der Waals surface area contributed by atoms with Crippen molar-refractivity contribution in [1.82, 2.24) is 4.90 Å². The van der Waals surface area contributed by atoms with Crippen LogP contribution in [0.4, 0.5) is 0 Å². The van der Waals surface area contributed by atoms with Crippen molar-refractivity contribution in [2.24, 2.45) is 11.1 Å². The lowest BCUT2D eigenvalue weighted by Gasteiger charge is -2.45. The molecule has 0 radical (unpaired) electrons. The largest absolute Gasteiger partial charge is 0.326 e. The quantitative estimate of drug-likeness (QED) is 0.788. The van der Waals surface area contributed by atoms with E-state index in [1.54, 1.807) is 11.3 Å². The maximum absolute atomic E-state index is 6.44. The van der Waals surface area contributed by atoms with Gasteiger partial charge in [0, 0.05) is 10.9 Å². The van der Waals surface area contributed by atoms with Gasteiger partial charge in [0.2, 0.25) is 0 Å². The molecule has 4 heteroatoms. The third-order valence-corrected chi connectivity index (χ3v) is 6.82. The lowest BCUT2D eigenvalue weighted by molar-refractivity contribution is 0.0574. The van der Waals surface area contributed by atoms with Crippen LogP contribution < -0.4 is 5.73 Å². The second-order valence-corrected chi connectivity index (χ2v) is 8.15. The number of hydrogen-bond donors (Lipinski definition) is 1. The molecule has 1 aromatic rings. The van der Waals surface area contributed by atoms with E-state index in [0.717, 1.165) is 23.8 Å². The molecule has 1 fully saturated rings. The van der Waals surface area contributed by atoms with E-state index in [0.29, 0.717) is 11.5 Å². The van der Waals surface area contributed by atoms with Gasteiger partial charge in [0.1, 0.15) is 0 Å². The summed E-state index contributed by atoms with van der Waals surface area (Å²) in [5.74, 6) is 0. The number of piperidine rings is 1. The predicted molar refractivity (Wildman–Crippen MR) is 94.2 cm³/mol. The molecule has 0 aliphatic carbocycles. The monoisotopic (exact) mass is 328 g/mol. The molecule has 2 atom stereocenters. The van der Waals surface area contributed by atoms with Gasteiger partial charge >= 0.3 is 0 Å². The van der Waals surface area contributed by atoms with Gasteiger partial charge in [-0.05, 0) is 49.9 Å². The molecule has 2 nitrogen and oxygen atoms in total. The molecule has 0 saturated carbocycles. The standard InChI is InChI=1S/C17H29ClN2S/c1-4-13(19)16(14-7-8-15(18)21-14)20-11-9-17(5-2,6-3)10-12-20/h7-8,13,16H,4-6,9-12,19H2,1-3H3. The highest BCUT2D eigenvalue weighted by Crippen LogP contribution is 2.42. The second-order valence-electron chi connectivity index (χ2n) is 6.40. The molecule has 21 heavy (non-hydrogen) atoms. The first kappa shape index (κ1) is 17.3. The number of likely N-dealkylation sites (tertiary alicyclic amines) is 1. The SMILES string of the molecule is CCC(N)C(c1ccc(Cl)s1)N1CCC(CC)(CC)CC1. The molecule has 2 rings (SSSR count). The Hall–Kier alpha value is -0.0900. The minimum atomic E-state index is 0.190. The Balaban J connectivity index is 2.13. The molecular formula is C17H29ClN2S. The van der Waals surface area contributed by atoms with Gasteiger partial charge in [-0.15, -0.1) is 11.3 Å². The van der Waals surface area contributed by atoms with Gasteiger partial charge in [-0.25, -0.2) is 0 Å². The Morgan fingerprint density at radius 2 is 1.86 bits per heavy atom.